The Morgan fingerprint density at radius 3 is 2.32 bits per heavy atom. The number of halogens is 3. The number of nitrogens with zero attached hydrogens (tertiary/aromatic N) is 1. The molecule has 3 rings (SSSR count). The Bertz CT molecular complexity index is 994. The fourth-order valence-electron chi connectivity index (χ4n) is 5.69. The minimum Gasteiger partial charge on any atom is -0.465 e. The van der Waals surface area contributed by atoms with Crippen LogP contribution in [0, 0.1) is 28.6 Å². The summed E-state index contributed by atoms with van der Waals surface area (Å²) in [5.41, 5.74) is -1.15. The van der Waals surface area contributed by atoms with Crippen molar-refractivity contribution < 1.29 is 47.0 Å². The first kappa shape index (κ1) is 29.7. The van der Waals surface area contributed by atoms with Crippen molar-refractivity contribution in [3.05, 3.63) is 0 Å². The second-order valence-electron chi connectivity index (χ2n) is 11.9. The molecule has 3 aliphatic rings. The first-order chi connectivity index (χ1) is 17.3. The predicted molar refractivity (Wildman–Crippen MR) is 125 cm³/mol. The third kappa shape index (κ3) is 6.38. The number of hydrogen-bond acceptors (Lipinski definition) is 6. The standard InChI is InChI=1S/C24H35F3N4O7/c1-22(2,3)17(30-21(36)37)20(35)31-9-12-15(23(12,4)5)16(31)19(34)29-13(8-11-6-7-28-18(11)33)14(32)10-38-24(25,26)27/h11-13,15-17,30H,6-10H2,1-5H3,(H,28,33)(H,29,34)(H,36,37)/t11-,12-,13?,15-,16-,17?/m0/s1. The molecule has 11 nitrogen and oxygen atoms in total. The molecular weight excluding hydrogens is 513 g/mol. The van der Waals surface area contributed by atoms with Crippen LogP contribution in [-0.4, -0.2) is 83.8 Å². The average Bonchev–Trinajstić information content (AvgIpc) is 3.14. The lowest BCUT2D eigenvalue weighted by Crippen LogP contribution is -2.60. The lowest BCUT2D eigenvalue weighted by atomic mass is 9.85. The van der Waals surface area contributed by atoms with Gasteiger partial charge in [0.2, 0.25) is 17.7 Å². The van der Waals surface area contributed by atoms with E-state index < -0.39 is 66.1 Å². The third-order valence-corrected chi connectivity index (χ3v) is 7.91. The second-order valence-corrected chi connectivity index (χ2v) is 11.9. The van der Waals surface area contributed by atoms with Crippen molar-refractivity contribution in [2.75, 3.05) is 19.7 Å². The van der Waals surface area contributed by atoms with Crippen LogP contribution in [0.15, 0.2) is 0 Å². The van der Waals surface area contributed by atoms with Gasteiger partial charge in [0.1, 0.15) is 18.7 Å². The zero-order valence-corrected chi connectivity index (χ0v) is 22.0. The van der Waals surface area contributed by atoms with Crippen LogP contribution in [0.3, 0.4) is 0 Å². The van der Waals surface area contributed by atoms with Gasteiger partial charge in [-0.1, -0.05) is 34.6 Å². The highest BCUT2D eigenvalue weighted by molar-refractivity contribution is 5.96. The van der Waals surface area contributed by atoms with E-state index in [0.717, 1.165) is 0 Å². The highest BCUT2D eigenvalue weighted by Gasteiger charge is 2.70. The molecule has 2 heterocycles. The van der Waals surface area contributed by atoms with E-state index in [0.29, 0.717) is 13.0 Å². The van der Waals surface area contributed by atoms with Gasteiger partial charge in [-0.3, -0.25) is 23.9 Å². The third-order valence-electron chi connectivity index (χ3n) is 7.91. The molecule has 2 saturated heterocycles. The summed E-state index contributed by atoms with van der Waals surface area (Å²) >= 11 is 0. The minimum absolute atomic E-state index is 0.0593. The van der Waals surface area contributed by atoms with Gasteiger partial charge in [0.15, 0.2) is 5.78 Å². The molecule has 214 valence electrons. The van der Waals surface area contributed by atoms with E-state index in [2.05, 4.69) is 20.7 Å². The Labute approximate surface area is 218 Å². The van der Waals surface area contributed by atoms with Crippen molar-refractivity contribution in [2.45, 2.75) is 71.9 Å². The van der Waals surface area contributed by atoms with Crippen molar-refractivity contribution in [3.8, 4) is 0 Å². The summed E-state index contributed by atoms with van der Waals surface area (Å²) in [5, 5.41) is 16.6. The molecule has 6 atom stereocenters. The number of ketones is 1. The zero-order chi connectivity index (χ0) is 28.8. The van der Waals surface area contributed by atoms with Crippen LogP contribution in [0.1, 0.15) is 47.5 Å². The van der Waals surface area contributed by atoms with Gasteiger partial charge in [0.25, 0.3) is 0 Å². The number of carboxylic acid groups (broad SMARTS) is 1. The molecule has 2 unspecified atom stereocenters. The number of hydrogen-bond donors (Lipinski definition) is 4. The highest BCUT2D eigenvalue weighted by atomic mass is 19.4. The van der Waals surface area contributed by atoms with Crippen LogP contribution in [-0.2, 0) is 23.9 Å². The monoisotopic (exact) mass is 548 g/mol. The van der Waals surface area contributed by atoms with E-state index in [4.69, 9.17) is 0 Å². The molecule has 0 aromatic heterocycles. The summed E-state index contributed by atoms with van der Waals surface area (Å²) in [4.78, 5) is 64.6. The molecule has 1 aliphatic carbocycles. The van der Waals surface area contributed by atoms with Crippen LogP contribution < -0.4 is 16.0 Å². The lowest BCUT2D eigenvalue weighted by Gasteiger charge is -2.37. The first-order valence-electron chi connectivity index (χ1n) is 12.5. The molecule has 0 bridgehead atoms. The lowest BCUT2D eigenvalue weighted by molar-refractivity contribution is -0.321. The number of piperidine rings is 1. The molecular formula is C24H35F3N4O7. The summed E-state index contributed by atoms with van der Waals surface area (Å²) < 4.78 is 41.4. The molecule has 4 N–H and O–H groups in total. The molecule has 0 spiro atoms. The SMILES string of the molecule is CC(C)(C)C(NC(=O)O)C(=O)N1C[C@H]2[C@@H]([C@H]1C(=O)NC(C[C@@H]1CCNC1=O)C(=O)COC(F)(F)F)C2(C)C. The number of Topliss-reactive ketones (excluding diaryl/α,β-unsaturated/α-hetero) is 1. The maximum atomic E-state index is 13.6. The van der Waals surface area contributed by atoms with Crippen molar-refractivity contribution in [1.29, 1.82) is 0 Å². The second kappa shape index (κ2) is 10.3. The summed E-state index contributed by atoms with van der Waals surface area (Å²) in [6.45, 7) is 8.03. The Hall–Kier alpha value is -2.90. The Morgan fingerprint density at radius 2 is 1.82 bits per heavy atom. The van der Waals surface area contributed by atoms with Crippen LogP contribution >= 0.6 is 0 Å². The summed E-state index contributed by atoms with van der Waals surface area (Å²) in [6.07, 6.45) is -6.35. The summed E-state index contributed by atoms with van der Waals surface area (Å²) in [7, 11) is 0. The highest BCUT2D eigenvalue weighted by Crippen LogP contribution is 2.65. The molecule has 0 radical (unpaired) electrons. The van der Waals surface area contributed by atoms with Crippen molar-refractivity contribution in [1.82, 2.24) is 20.9 Å². The number of nitrogens with one attached hydrogen (secondary N) is 3. The van der Waals surface area contributed by atoms with Gasteiger partial charge >= 0.3 is 12.5 Å². The van der Waals surface area contributed by atoms with Gasteiger partial charge in [0.05, 0.1) is 6.04 Å². The van der Waals surface area contributed by atoms with Crippen LogP contribution in [0.5, 0.6) is 0 Å². The van der Waals surface area contributed by atoms with Gasteiger partial charge in [-0.15, -0.1) is 13.2 Å². The number of ether oxygens (including phenoxy) is 1. The summed E-state index contributed by atoms with van der Waals surface area (Å²) in [5.74, 6) is -3.83. The quantitative estimate of drug-likeness (QED) is 0.338. The summed E-state index contributed by atoms with van der Waals surface area (Å²) in [6, 6.07) is -3.69. The van der Waals surface area contributed by atoms with Crippen molar-refractivity contribution >= 4 is 29.6 Å². The fraction of sp³-hybridized carbons (Fsp3) is 0.792. The molecule has 14 heteroatoms. The largest absolute Gasteiger partial charge is 0.522 e. The van der Waals surface area contributed by atoms with Gasteiger partial charge in [-0.25, -0.2) is 4.79 Å². The zero-order valence-electron chi connectivity index (χ0n) is 22.0. The molecule has 0 aromatic carbocycles. The topological polar surface area (TPSA) is 154 Å². The number of carbonyl (C=O) groups is 5. The van der Waals surface area contributed by atoms with Gasteiger partial charge in [-0.05, 0) is 35.5 Å². The molecule has 4 amide bonds. The number of rotatable bonds is 9. The van der Waals surface area contributed by atoms with Crippen molar-refractivity contribution in [3.63, 3.8) is 0 Å². The van der Waals surface area contributed by atoms with E-state index in [1.165, 1.54) is 4.90 Å². The Balaban J connectivity index is 1.85. The number of alkyl halides is 3. The minimum atomic E-state index is -5.06. The van der Waals surface area contributed by atoms with Crippen LogP contribution in [0.25, 0.3) is 0 Å². The Morgan fingerprint density at radius 1 is 1.18 bits per heavy atom. The van der Waals surface area contributed by atoms with E-state index in [1.807, 2.05) is 13.8 Å². The molecule has 0 aromatic rings. The van der Waals surface area contributed by atoms with Crippen LogP contribution in [0.4, 0.5) is 18.0 Å². The van der Waals surface area contributed by atoms with E-state index in [1.54, 1.807) is 20.8 Å². The first-order valence-corrected chi connectivity index (χ1v) is 12.5. The maximum absolute atomic E-state index is 13.6. The molecule has 1 saturated carbocycles. The van der Waals surface area contributed by atoms with Gasteiger partial charge < -0.3 is 26.0 Å². The maximum Gasteiger partial charge on any atom is 0.522 e. The number of likely N-dealkylation sites (tertiary alicyclic amines) is 1. The van der Waals surface area contributed by atoms with E-state index >= 15 is 0 Å². The number of carbonyl (C=O) groups excluding carboxylic acids is 4. The molecule has 2 aliphatic heterocycles. The van der Waals surface area contributed by atoms with E-state index in [-0.39, 0.29) is 36.1 Å². The van der Waals surface area contributed by atoms with Gasteiger partial charge in [0, 0.05) is 19.0 Å². The number of fused-ring (bicyclic) bond motifs is 1. The van der Waals surface area contributed by atoms with Crippen LogP contribution in [0.2, 0.25) is 0 Å². The smallest absolute Gasteiger partial charge is 0.465 e. The molecule has 3 fully saturated rings. The van der Waals surface area contributed by atoms with Crippen molar-refractivity contribution in [2.24, 2.45) is 28.6 Å². The predicted octanol–water partition coefficient (Wildman–Crippen LogP) is 1.27. The number of amides is 4. The molecule has 38 heavy (non-hydrogen) atoms. The van der Waals surface area contributed by atoms with E-state index in [9.17, 15) is 42.3 Å². The van der Waals surface area contributed by atoms with Gasteiger partial charge in [-0.2, -0.15) is 0 Å². The normalized spacial score (nSPS) is 27.7. The fourth-order valence-corrected chi connectivity index (χ4v) is 5.69. The average molecular weight is 549 g/mol. The Kier molecular flexibility index (Phi) is 8.07.